The van der Waals surface area contributed by atoms with Gasteiger partial charge in [0.25, 0.3) is 11.2 Å². The van der Waals surface area contributed by atoms with Crippen LogP contribution in [0.4, 0.5) is 5.69 Å². The van der Waals surface area contributed by atoms with Crippen molar-refractivity contribution in [2.24, 2.45) is 11.8 Å². The van der Waals surface area contributed by atoms with E-state index in [9.17, 15) is 24.5 Å². The molecule has 2 aromatic rings. The van der Waals surface area contributed by atoms with E-state index in [-0.39, 0.29) is 29.2 Å². The van der Waals surface area contributed by atoms with Crippen LogP contribution in [0.5, 0.6) is 0 Å². The smallest absolute Gasteiger partial charge is 0.338 e. The second-order valence-electron chi connectivity index (χ2n) is 7.89. The number of hydrogen-bond donors (Lipinski definition) is 1. The maximum atomic E-state index is 12.5. The van der Waals surface area contributed by atoms with E-state index in [4.69, 9.17) is 9.47 Å². The Labute approximate surface area is 170 Å². The van der Waals surface area contributed by atoms with Gasteiger partial charge in [-0.05, 0) is 31.4 Å². The quantitative estimate of drug-likeness (QED) is 0.458. The Kier molecular flexibility index (Phi) is 5.02. The van der Waals surface area contributed by atoms with E-state index in [0.717, 1.165) is 0 Å². The summed E-state index contributed by atoms with van der Waals surface area (Å²) >= 11 is 0. The number of nitrogens with one attached hydrogen (secondary N) is 1. The van der Waals surface area contributed by atoms with Crippen LogP contribution in [-0.2, 0) is 9.47 Å². The number of nitrogens with zero attached hydrogens (tertiary/aromatic N) is 2. The Morgan fingerprint density at radius 1 is 1.27 bits per heavy atom. The fraction of sp³-hybridized carbons (Fsp3) is 0.450. The lowest BCUT2D eigenvalue weighted by Gasteiger charge is -2.19. The number of aromatic nitrogens is 2. The zero-order valence-electron chi connectivity index (χ0n) is 16.4. The molecule has 10 nitrogen and oxygen atoms in total. The maximum absolute atomic E-state index is 12.5. The van der Waals surface area contributed by atoms with E-state index in [2.05, 4.69) is 4.98 Å². The van der Waals surface area contributed by atoms with Gasteiger partial charge in [0, 0.05) is 36.2 Å². The Morgan fingerprint density at radius 3 is 2.63 bits per heavy atom. The Hall–Kier alpha value is -3.27. The highest BCUT2D eigenvalue weighted by molar-refractivity contribution is 5.89. The summed E-state index contributed by atoms with van der Waals surface area (Å²) in [6.07, 6.45) is 1.46. The van der Waals surface area contributed by atoms with Gasteiger partial charge in [-0.25, -0.2) is 9.59 Å². The van der Waals surface area contributed by atoms with Crippen LogP contribution in [-0.4, -0.2) is 32.7 Å². The second kappa shape index (κ2) is 7.52. The summed E-state index contributed by atoms with van der Waals surface area (Å²) in [6, 6.07) is 5.26. The van der Waals surface area contributed by atoms with Crippen molar-refractivity contribution >= 4 is 11.7 Å². The van der Waals surface area contributed by atoms with Gasteiger partial charge >= 0.3 is 11.7 Å². The molecule has 1 saturated heterocycles. The van der Waals surface area contributed by atoms with Gasteiger partial charge in [0.05, 0.1) is 16.6 Å². The van der Waals surface area contributed by atoms with Crippen molar-refractivity contribution in [3.63, 3.8) is 0 Å². The van der Waals surface area contributed by atoms with Crippen molar-refractivity contribution in [3.05, 3.63) is 72.5 Å². The van der Waals surface area contributed by atoms with Gasteiger partial charge < -0.3 is 9.47 Å². The van der Waals surface area contributed by atoms with Gasteiger partial charge in [0.15, 0.2) is 0 Å². The third-order valence-corrected chi connectivity index (χ3v) is 5.88. The minimum Gasteiger partial charge on any atom is -0.458 e. The summed E-state index contributed by atoms with van der Waals surface area (Å²) in [6.45, 7) is 3.61. The number of rotatable bonds is 4. The number of fused-ring (bicyclic) bond motifs is 1. The summed E-state index contributed by atoms with van der Waals surface area (Å²) in [7, 11) is 0. The molecule has 1 N–H and O–H groups in total. The van der Waals surface area contributed by atoms with Gasteiger partial charge in [-0.3, -0.25) is 24.5 Å². The summed E-state index contributed by atoms with van der Waals surface area (Å²) in [5.41, 5.74) is -0.431. The molecule has 0 unspecified atom stereocenters. The lowest BCUT2D eigenvalue weighted by molar-refractivity contribution is -0.384. The monoisotopic (exact) mass is 415 g/mol. The molecule has 4 rings (SSSR count). The SMILES string of the molecule is Cc1cn([C@H]2C[C@@H]3[C@H](O2)[C@H](C)C[C@H]3OC(=O)c2ccc([N+](=O)[O-])cc2)c(=O)[nH]c1=O. The number of aryl methyl sites for hydroxylation is 1. The average Bonchev–Trinajstić information content (AvgIpc) is 3.26. The van der Waals surface area contributed by atoms with Gasteiger partial charge in [-0.15, -0.1) is 0 Å². The van der Waals surface area contributed by atoms with E-state index in [1.165, 1.54) is 35.0 Å². The van der Waals surface area contributed by atoms with E-state index >= 15 is 0 Å². The molecule has 1 saturated carbocycles. The molecule has 0 bridgehead atoms. The highest BCUT2D eigenvalue weighted by atomic mass is 16.6. The normalized spacial score (nSPS) is 27.6. The molecule has 0 radical (unpaired) electrons. The van der Waals surface area contributed by atoms with Crippen molar-refractivity contribution in [2.75, 3.05) is 0 Å². The molecule has 0 spiro atoms. The molecule has 158 valence electrons. The average molecular weight is 415 g/mol. The number of aromatic amines is 1. The first-order chi connectivity index (χ1) is 14.2. The minimum atomic E-state index is -0.553. The molecule has 1 aromatic carbocycles. The van der Waals surface area contributed by atoms with Crippen molar-refractivity contribution in [2.45, 2.75) is 45.1 Å². The molecule has 5 atom stereocenters. The first-order valence-corrected chi connectivity index (χ1v) is 9.67. The number of benzene rings is 1. The summed E-state index contributed by atoms with van der Waals surface area (Å²) in [5.74, 6) is -0.524. The van der Waals surface area contributed by atoms with Gasteiger partial charge in [-0.2, -0.15) is 0 Å². The lowest BCUT2D eigenvalue weighted by atomic mass is 10.00. The number of nitro groups is 1. The third kappa shape index (κ3) is 3.54. The fourth-order valence-corrected chi connectivity index (χ4v) is 4.34. The van der Waals surface area contributed by atoms with Crippen LogP contribution < -0.4 is 11.2 Å². The second-order valence-corrected chi connectivity index (χ2v) is 7.89. The van der Waals surface area contributed by atoms with E-state index in [0.29, 0.717) is 18.4 Å². The number of carbonyl (C=O) groups is 1. The van der Waals surface area contributed by atoms with Crippen LogP contribution in [0, 0.1) is 28.9 Å². The number of esters is 1. The van der Waals surface area contributed by atoms with Gasteiger partial charge in [0.2, 0.25) is 0 Å². The standard InChI is InChI=1S/C20H21N3O7/c1-10-7-15(29-19(25)12-3-5-13(6-4-12)23(27)28)14-8-16(30-17(10)14)22-9-11(2)18(24)21-20(22)26/h3-6,9-10,14-17H,7-8H2,1-2H3,(H,21,24,26)/t10-,14+,15-,16-,17-/m1/s1. The molecular weight excluding hydrogens is 394 g/mol. The zero-order valence-corrected chi connectivity index (χ0v) is 16.4. The number of carbonyl (C=O) groups excluding carboxylic acids is 1. The number of hydrogen-bond acceptors (Lipinski definition) is 7. The van der Waals surface area contributed by atoms with Crippen molar-refractivity contribution in [1.29, 1.82) is 0 Å². The first kappa shape index (κ1) is 20.0. The molecule has 30 heavy (non-hydrogen) atoms. The largest absolute Gasteiger partial charge is 0.458 e. The van der Waals surface area contributed by atoms with Crippen molar-refractivity contribution in [1.82, 2.24) is 9.55 Å². The van der Waals surface area contributed by atoms with Crippen molar-refractivity contribution in [3.8, 4) is 0 Å². The molecule has 1 aliphatic heterocycles. The van der Waals surface area contributed by atoms with Crippen molar-refractivity contribution < 1.29 is 19.2 Å². The maximum Gasteiger partial charge on any atom is 0.338 e. The Balaban J connectivity index is 1.50. The van der Waals surface area contributed by atoms with Crippen LogP contribution >= 0.6 is 0 Å². The predicted octanol–water partition coefficient (Wildman–Crippen LogP) is 1.92. The molecule has 1 aromatic heterocycles. The molecule has 1 aliphatic carbocycles. The molecule has 2 aliphatic rings. The van der Waals surface area contributed by atoms with Crippen LogP contribution in [0.15, 0.2) is 40.1 Å². The minimum absolute atomic E-state index is 0.0915. The highest BCUT2D eigenvalue weighted by Gasteiger charge is 2.50. The molecule has 2 heterocycles. The number of nitro benzene ring substituents is 1. The van der Waals surface area contributed by atoms with Crippen LogP contribution in [0.2, 0.25) is 0 Å². The highest BCUT2D eigenvalue weighted by Crippen LogP contribution is 2.47. The van der Waals surface area contributed by atoms with Gasteiger partial charge in [0.1, 0.15) is 12.3 Å². The van der Waals surface area contributed by atoms with E-state index < -0.39 is 34.5 Å². The Bertz CT molecular complexity index is 1100. The summed E-state index contributed by atoms with van der Waals surface area (Å²) in [5, 5.41) is 10.8. The molecule has 2 fully saturated rings. The van der Waals surface area contributed by atoms with Crippen LogP contribution in [0.1, 0.15) is 41.9 Å². The zero-order chi connectivity index (χ0) is 21.6. The van der Waals surface area contributed by atoms with E-state index in [1.807, 2.05) is 6.92 Å². The van der Waals surface area contributed by atoms with Crippen LogP contribution in [0.3, 0.4) is 0 Å². The first-order valence-electron chi connectivity index (χ1n) is 9.67. The predicted molar refractivity (Wildman–Crippen MR) is 104 cm³/mol. The van der Waals surface area contributed by atoms with Crippen LogP contribution in [0.25, 0.3) is 0 Å². The Morgan fingerprint density at radius 2 is 1.97 bits per heavy atom. The molecular formula is C20H21N3O7. The molecule has 10 heteroatoms. The summed E-state index contributed by atoms with van der Waals surface area (Å²) in [4.78, 5) is 48.9. The summed E-state index contributed by atoms with van der Waals surface area (Å²) < 4.78 is 13.2. The third-order valence-electron chi connectivity index (χ3n) is 5.88. The van der Waals surface area contributed by atoms with E-state index in [1.54, 1.807) is 6.92 Å². The fourth-order valence-electron chi connectivity index (χ4n) is 4.34. The number of non-ortho nitro benzene ring substituents is 1. The topological polar surface area (TPSA) is 134 Å². The number of H-pyrrole nitrogens is 1. The lowest BCUT2D eigenvalue weighted by Crippen LogP contribution is -2.33. The number of ether oxygens (including phenoxy) is 2. The van der Waals surface area contributed by atoms with Gasteiger partial charge in [-0.1, -0.05) is 6.92 Å². The molecule has 0 amide bonds.